The molecule has 0 aliphatic heterocycles. The van der Waals surface area contributed by atoms with Gasteiger partial charge in [-0.05, 0) is 0 Å². The van der Waals surface area contributed by atoms with E-state index in [1.165, 1.54) is 0 Å². The van der Waals surface area contributed by atoms with E-state index in [0.29, 0.717) is 0 Å². The van der Waals surface area contributed by atoms with Crippen molar-refractivity contribution in [2.45, 2.75) is 60.3 Å². The number of aliphatic hydroxyl groups is 2. The van der Waals surface area contributed by atoms with Crippen LogP contribution in [0.3, 0.4) is 0 Å². The number of rotatable bonds is 8. The number of halogens is 17. The van der Waals surface area contributed by atoms with Crippen LogP contribution in [0.15, 0.2) is 0 Å². The van der Waals surface area contributed by atoms with Gasteiger partial charge in [-0.3, -0.25) is 0 Å². The van der Waals surface area contributed by atoms with Crippen LogP contribution < -0.4 is 0 Å². The summed E-state index contributed by atoms with van der Waals surface area (Å²) in [6, 6.07) is -6.87. The van der Waals surface area contributed by atoms with Gasteiger partial charge in [-0.25, -0.2) is 0 Å². The summed E-state index contributed by atoms with van der Waals surface area (Å²) in [5, 5.41) is 15.3. The standard InChI is InChI=1S/C10H5F17O2/c1-2(11,12)3(13,14)4(15,16)5(17,18)6(19,20)7(21,22)8(23,24)9(25,26)10(27,28)29/h28-29H,1H3. The largest absolute Gasteiger partial charge is 0.400 e. The third-order valence-corrected chi connectivity index (χ3v) is 3.32. The van der Waals surface area contributed by atoms with Gasteiger partial charge in [0.2, 0.25) is 0 Å². The van der Waals surface area contributed by atoms with Crippen molar-refractivity contribution in [2.75, 3.05) is 0 Å². The van der Waals surface area contributed by atoms with Crippen LogP contribution in [0.1, 0.15) is 6.92 Å². The number of alkyl halides is 17. The molecule has 29 heavy (non-hydrogen) atoms. The summed E-state index contributed by atoms with van der Waals surface area (Å²) in [5.41, 5.74) is 0. The van der Waals surface area contributed by atoms with Gasteiger partial charge in [0, 0.05) is 6.92 Å². The lowest BCUT2D eigenvalue weighted by molar-refractivity contribution is -0.482. The lowest BCUT2D eigenvalue weighted by Gasteiger charge is -2.43. The summed E-state index contributed by atoms with van der Waals surface area (Å²) in [6.07, 6.45) is 0. The molecule has 0 rings (SSSR count). The van der Waals surface area contributed by atoms with Crippen LogP contribution in [0.4, 0.5) is 74.6 Å². The topological polar surface area (TPSA) is 40.5 Å². The summed E-state index contributed by atoms with van der Waals surface area (Å²) < 4.78 is 219. The Balaban J connectivity index is 6.82. The molecule has 0 unspecified atom stereocenters. The zero-order valence-electron chi connectivity index (χ0n) is 12.8. The molecule has 19 heteroatoms. The van der Waals surface area contributed by atoms with Crippen molar-refractivity contribution in [3.05, 3.63) is 0 Å². The van der Waals surface area contributed by atoms with Crippen molar-refractivity contribution in [1.82, 2.24) is 0 Å². The molecule has 0 spiro atoms. The van der Waals surface area contributed by atoms with Gasteiger partial charge < -0.3 is 10.2 Å². The predicted octanol–water partition coefficient (Wildman–Crippen LogP) is 4.70. The van der Waals surface area contributed by atoms with Gasteiger partial charge in [0.1, 0.15) is 0 Å². The van der Waals surface area contributed by atoms with Crippen molar-refractivity contribution < 1.29 is 84.9 Å². The van der Waals surface area contributed by atoms with E-state index in [1.807, 2.05) is 0 Å². The van der Waals surface area contributed by atoms with Gasteiger partial charge >= 0.3 is 53.4 Å². The predicted molar refractivity (Wildman–Crippen MR) is 53.5 cm³/mol. The molecule has 0 aliphatic carbocycles. The molecule has 0 atom stereocenters. The highest BCUT2D eigenvalue weighted by molar-refractivity contribution is 5.16. The first kappa shape index (κ1) is 27.7. The normalized spacial score (nSPS) is 17.0. The van der Waals surface area contributed by atoms with Gasteiger partial charge in [0.05, 0.1) is 0 Å². The Morgan fingerprint density at radius 1 is 0.345 bits per heavy atom. The molecule has 0 radical (unpaired) electrons. The van der Waals surface area contributed by atoms with Crippen LogP contribution in [0, 0.1) is 0 Å². The maximum absolute atomic E-state index is 13.2. The molecule has 0 amide bonds. The highest BCUT2D eigenvalue weighted by Gasteiger charge is 2.96. The highest BCUT2D eigenvalue weighted by Crippen LogP contribution is 2.64. The fourth-order valence-corrected chi connectivity index (χ4v) is 1.46. The molecule has 2 nitrogen and oxygen atoms in total. The summed E-state index contributed by atoms with van der Waals surface area (Å²) in [4.78, 5) is 0. The summed E-state index contributed by atoms with van der Waals surface area (Å²) in [7, 11) is 0. The van der Waals surface area contributed by atoms with E-state index in [9.17, 15) is 74.6 Å². The first-order valence-electron chi connectivity index (χ1n) is 6.16. The second kappa shape index (κ2) is 6.36. The van der Waals surface area contributed by atoms with Gasteiger partial charge in [0.15, 0.2) is 0 Å². The van der Waals surface area contributed by atoms with E-state index >= 15 is 0 Å². The average molecular weight is 480 g/mol. The van der Waals surface area contributed by atoms with Gasteiger partial charge in [-0.1, -0.05) is 0 Å². The molecule has 0 aromatic rings. The molecular formula is C10H5F17O2. The molecule has 0 aromatic carbocycles. The van der Waals surface area contributed by atoms with E-state index in [2.05, 4.69) is 0 Å². The first-order chi connectivity index (χ1) is 12.0. The van der Waals surface area contributed by atoms with Crippen molar-refractivity contribution in [3.8, 4) is 0 Å². The molecule has 0 saturated heterocycles. The molecule has 0 heterocycles. The Labute approximate surface area is 146 Å². The minimum atomic E-state index is -8.74. The summed E-state index contributed by atoms with van der Waals surface area (Å²) in [5.74, 6) is -64.6. The minimum absolute atomic E-state index is 1.30. The maximum atomic E-state index is 13.2. The van der Waals surface area contributed by atoms with Crippen molar-refractivity contribution in [3.63, 3.8) is 0 Å². The molecule has 0 fully saturated rings. The Bertz CT molecular complexity index is 559. The first-order valence-corrected chi connectivity index (χ1v) is 6.16. The SMILES string of the molecule is CC(F)(F)C(F)(F)C(F)(F)C(F)(F)C(F)(F)C(F)(F)C(F)(F)C(F)(F)C(O)(O)F. The van der Waals surface area contributed by atoms with Crippen LogP contribution in [-0.4, -0.2) is 63.6 Å². The van der Waals surface area contributed by atoms with Gasteiger partial charge in [0.25, 0.3) is 0 Å². The van der Waals surface area contributed by atoms with Crippen LogP contribution in [0.25, 0.3) is 0 Å². The lowest BCUT2D eigenvalue weighted by Crippen LogP contribution is -2.76. The average Bonchev–Trinajstić information content (AvgIpc) is 2.43. The smallest absolute Gasteiger partial charge is 0.335 e. The maximum Gasteiger partial charge on any atom is 0.400 e. The summed E-state index contributed by atoms with van der Waals surface area (Å²) in [6.45, 7) is -1.30. The molecular weight excluding hydrogens is 475 g/mol. The third-order valence-electron chi connectivity index (χ3n) is 3.32. The van der Waals surface area contributed by atoms with Gasteiger partial charge in [-0.15, -0.1) is 0 Å². The van der Waals surface area contributed by atoms with Gasteiger partial charge in [-0.2, -0.15) is 74.6 Å². The zero-order chi connectivity index (χ0) is 24.5. The fraction of sp³-hybridized carbons (Fsp3) is 1.00. The lowest BCUT2D eigenvalue weighted by atomic mass is 9.87. The number of hydrogen-bond acceptors (Lipinski definition) is 2. The highest BCUT2D eigenvalue weighted by atomic mass is 19.4. The zero-order valence-corrected chi connectivity index (χ0v) is 12.8. The second-order valence-electron chi connectivity index (χ2n) is 5.50. The minimum Gasteiger partial charge on any atom is -0.335 e. The molecule has 0 bridgehead atoms. The molecule has 0 aliphatic rings. The fourth-order valence-electron chi connectivity index (χ4n) is 1.46. The number of hydrogen-bond donors (Lipinski definition) is 2. The monoisotopic (exact) mass is 480 g/mol. The Hall–Kier alpha value is -1.27. The van der Waals surface area contributed by atoms with E-state index < -0.39 is 60.3 Å². The quantitative estimate of drug-likeness (QED) is 0.391. The third kappa shape index (κ3) is 3.27. The Morgan fingerprint density at radius 3 is 0.690 bits per heavy atom. The van der Waals surface area contributed by atoms with Crippen molar-refractivity contribution >= 4 is 0 Å². The van der Waals surface area contributed by atoms with Crippen molar-refractivity contribution in [2.24, 2.45) is 0 Å². The Kier molecular flexibility index (Phi) is 6.09. The van der Waals surface area contributed by atoms with E-state index in [1.54, 1.807) is 0 Å². The van der Waals surface area contributed by atoms with E-state index in [4.69, 9.17) is 10.2 Å². The van der Waals surface area contributed by atoms with Crippen LogP contribution >= 0.6 is 0 Å². The molecule has 176 valence electrons. The van der Waals surface area contributed by atoms with Crippen LogP contribution in [0.5, 0.6) is 0 Å². The molecule has 0 saturated carbocycles. The van der Waals surface area contributed by atoms with Crippen LogP contribution in [-0.2, 0) is 0 Å². The van der Waals surface area contributed by atoms with E-state index in [-0.39, 0.29) is 0 Å². The Morgan fingerprint density at radius 2 is 0.517 bits per heavy atom. The van der Waals surface area contributed by atoms with Crippen LogP contribution in [0.2, 0.25) is 0 Å². The van der Waals surface area contributed by atoms with E-state index in [0.717, 1.165) is 0 Å². The van der Waals surface area contributed by atoms with Crippen molar-refractivity contribution in [1.29, 1.82) is 0 Å². The molecule has 0 aromatic heterocycles. The molecule has 2 N–H and O–H groups in total. The summed E-state index contributed by atoms with van der Waals surface area (Å²) >= 11 is 0. The second-order valence-corrected chi connectivity index (χ2v) is 5.50.